The van der Waals surface area contributed by atoms with Crippen molar-refractivity contribution < 1.29 is 4.79 Å². The lowest BCUT2D eigenvalue weighted by Gasteiger charge is -2.13. The lowest BCUT2D eigenvalue weighted by atomic mass is 10.1. The number of aryl methyl sites for hydroxylation is 1. The summed E-state index contributed by atoms with van der Waals surface area (Å²) in [7, 11) is 0. The Labute approximate surface area is 202 Å². The van der Waals surface area contributed by atoms with Crippen LogP contribution in [0.1, 0.15) is 22.5 Å². The maximum Gasteiger partial charge on any atom is 0.264 e. The number of benzene rings is 3. The molecule has 1 N–H and O–H groups in total. The first-order valence-electron chi connectivity index (χ1n) is 10.6. The highest BCUT2D eigenvalue weighted by Gasteiger charge is 2.25. The molecule has 0 bridgehead atoms. The van der Waals surface area contributed by atoms with E-state index in [-0.39, 0.29) is 5.91 Å². The fourth-order valence-corrected chi connectivity index (χ4v) is 5.15. The summed E-state index contributed by atoms with van der Waals surface area (Å²) in [6, 6.07) is 22.4. The molecule has 5 rings (SSSR count). The molecule has 0 aliphatic carbocycles. The number of carbonyl (C=O) groups excluding carboxylic acids is 1. The third kappa shape index (κ3) is 3.99. The zero-order valence-electron chi connectivity index (χ0n) is 18.5. The number of nitrogens with one attached hydrogen (secondary N) is 1. The molecular formula is C27H22ClN3OS. The zero-order chi connectivity index (χ0) is 23.1. The van der Waals surface area contributed by atoms with Crippen molar-refractivity contribution in [2.75, 3.05) is 0 Å². The molecule has 2 heterocycles. The number of halogens is 1. The van der Waals surface area contributed by atoms with Crippen LogP contribution in [0.5, 0.6) is 0 Å². The van der Waals surface area contributed by atoms with Crippen molar-refractivity contribution in [3.8, 4) is 5.69 Å². The topological polar surface area (TPSA) is 46.4 Å². The fourth-order valence-electron chi connectivity index (χ4n) is 4.16. The number of aromatic nitrogens is 1. The van der Waals surface area contributed by atoms with Gasteiger partial charge in [0.2, 0.25) is 0 Å². The van der Waals surface area contributed by atoms with Gasteiger partial charge in [0.15, 0.2) is 5.17 Å². The number of nitrogens with zero attached hydrogens (tertiary/aromatic N) is 2. The second-order valence-corrected chi connectivity index (χ2v) is 9.46. The van der Waals surface area contributed by atoms with Crippen molar-refractivity contribution in [3.63, 3.8) is 0 Å². The number of hydrogen-bond acceptors (Lipinski definition) is 3. The number of amidine groups is 1. The monoisotopic (exact) mass is 471 g/mol. The molecule has 33 heavy (non-hydrogen) atoms. The molecule has 1 amide bonds. The smallest absolute Gasteiger partial charge is 0.264 e. The molecule has 0 atom stereocenters. The van der Waals surface area contributed by atoms with E-state index < -0.39 is 0 Å². The van der Waals surface area contributed by atoms with Crippen molar-refractivity contribution in [1.82, 2.24) is 9.88 Å². The van der Waals surface area contributed by atoms with E-state index in [1.165, 1.54) is 22.5 Å². The fraction of sp³-hybridized carbons (Fsp3) is 0.111. The standard InChI is InChI=1S/C27H22ClN3OS/c1-16-14-20(18(3)31(16)24-13-6-9-19-8-4-5-10-21(19)24)15-25-26(32)30-27(33-25)29-23-12-7-11-22(28)17(23)2/h4-15H,1-3H3,(H,29,30,32)/b25-15-. The van der Waals surface area contributed by atoms with Gasteiger partial charge >= 0.3 is 0 Å². The molecule has 1 aliphatic rings. The molecule has 1 aliphatic heterocycles. The van der Waals surface area contributed by atoms with Gasteiger partial charge in [-0.05, 0) is 79.4 Å². The van der Waals surface area contributed by atoms with E-state index in [2.05, 4.69) is 77.3 Å². The lowest BCUT2D eigenvalue weighted by Crippen LogP contribution is -2.19. The first-order chi connectivity index (χ1) is 15.9. The minimum Gasteiger partial charge on any atom is -0.317 e. The van der Waals surface area contributed by atoms with E-state index in [0.717, 1.165) is 33.9 Å². The Balaban J connectivity index is 1.51. The predicted molar refractivity (Wildman–Crippen MR) is 140 cm³/mol. The molecule has 0 unspecified atom stereocenters. The Morgan fingerprint density at radius 1 is 1.00 bits per heavy atom. The molecule has 0 spiro atoms. The third-order valence-electron chi connectivity index (χ3n) is 5.88. The van der Waals surface area contributed by atoms with Crippen LogP contribution in [-0.2, 0) is 4.79 Å². The highest BCUT2D eigenvalue weighted by atomic mass is 35.5. The van der Waals surface area contributed by atoms with Gasteiger partial charge in [0.1, 0.15) is 0 Å². The number of fused-ring (bicyclic) bond motifs is 1. The van der Waals surface area contributed by atoms with Crippen LogP contribution in [0.4, 0.5) is 5.69 Å². The van der Waals surface area contributed by atoms with Crippen LogP contribution in [-0.4, -0.2) is 15.6 Å². The molecule has 0 saturated carbocycles. The van der Waals surface area contributed by atoms with Gasteiger partial charge in [-0.3, -0.25) is 4.79 Å². The number of hydrogen-bond donors (Lipinski definition) is 1. The molecule has 1 aromatic heterocycles. The second kappa shape index (κ2) is 8.58. The quantitative estimate of drug-likeness (QED) is 0.324. The Kier molecular flexibility index (Phi) is 5.60. The van der Waals surface area contributed by atoms with E-state index in [9.17, 15) is 4.79 Å². The molecule has 6 heteroatoms. The van der Waals surface area contributed by atoms with Gasteiger partial charge in [0.25, 0.3) is 5.91 Å². The highest BCUT2D eigenvalue weighted by Crippen LogP contribution is 2.33. The van der Waals surface area contributed by atoms with Crippen molar-refractivity contribution >= 4 is 57.0 Å². The van der Waals surface area contributed by atoms with Crippen LogP contribution >= 0.6 is 23.4 Å². The van der Waals surface area contributed by atoms with E-state index in [4.69, 9.17) is 11.6 Å². The third-order valence-corrected chi connectivity index (χ3v) is 7.20. The molecule has 0 radical (unpaired) electrons. The van der Waals surface area contributed by atoms with E-state index in [1.807, 2.05) is 31.2 Å². The normalized spacial score (nSPS) is 16.2. The summed E-state index contributed by atoms with van der Waals surface area (Å²) in [5.41, 5.74) is 5.98. The minimum absolute atomic E-state index is 0.145. The van der Waals surface area contributed by atoms with Gasteiger partial charge in [-0.15, -0.1) is 0 Å². The molecular weight excluding hydrogens is 450 g/mol. The van der Waals surface area contributed by atoms with Crippen LogP contribution in [0.3, 0.4) is 0 Å². The molecule has 4 nitrogen and oxygen atoms in total. The number of rotatable bonds is 3. The maximum absolute atomic E-state index is 12.7. The Hall–Kier alpha value is -3.28. The van der Waals surface area contributed by atoms with Crippen LogP contribution < -0.4 is 5.32 Å². The number of amides is 1. The average Bonchev–Trinajstić information content (AvgIpc) is 3.29. The predicted octanol–water partition coefficient (Wildman–Crippen LogP) is 7.10. The molecule has 1 fully saturated rings. The van der Waals surface area contributed by atoms with E-state index in [1.54, 1.807) is 0 Å². The summed E-state index contributed by atoms with van der Waals surface area (Å²) in [5.74, 6) is -0.145. The molecule has 1 saturated heterocycles. The summed E-state index contributed by atoms with van der Waals surface area (Å²) in [6.07, 6.45) is 1.94. The minimum atomic E-state index is -0.145. The number of carbonyl (C=O) groups is 1. The van der Waals surface area contributed by atoms with Gasteiger partial charge in [-0.1, -0.05) is 54.1 Å². The maximum atomic E-state index is 12.7. The van der Waals surface area contributed by atoms with E-state index >= 15 is 0 Å². The van der Waals surface area contributed by atoms with Crippen LogP contribution in [0.25, 0.3) is 22.5 Å². The summed E-state index contributed by atoms with van der Waals surface area (Å²) >= 11 is 7.55. The molecule has 164 valence electrons. The van der Waals surface area contributed by atoms with Gasteiger partial charge in [0, 0.05) is 21.8 Å². The van der Waals surface area contributed by atoms with Crippen LogP contribution in [0, 0.1) is 20.8 Å². The summed E-state index contributed by atoms with van der Waals surface area (Å²) in [4.78, 5) is 17.9. The molecule has 4 aromatic rings. The van der Waals surface area contributed by atoms with Crippen molar-refractivity contribution in [2.24, 2.45) is 4.99 Å². The first-order valence-corrected chi connectivity index (χ1v) is 11.8. The van der Waals surface area contributed by atoms with Gasteiger partial charge in [-0.2, -0.15) is 0 Å². The van der Waals surface area contributed by atoms with Crippen LogP contribution in [0.15, 0.2) is 76.6 Å². The van der Waals surface area contributed by atoms with E-state index in [0.29, 0.717) is 15.1 Å². The zero-order valence-corrected chi connectivity index (χ0v) is 20.1. The number of thioether (sulfide) groups is 1. The first kappa shape index (κ1) is 21.6. The van der Waals surface area contributed by atoms with Crippen molar-refractivity contribution in [3.05, 3.63) is 99.2 Å². The highest BCUT2D eigenvalue weighted by molar-refractivity contribution is 8.18. The lowest BCUT2D eigenvalue weighted by molar-refractivity contribution is -0.115. The number of aliphatic imine (C=N–C) groups is 1. The second-order valence-electron chi connectivity index (χ2n) is 8.03. The van der Waals surface area contributed by atoms with Crippen LogP contribution in [0.2, 0.25) is 5.02 Å². The van der Waals surface area contributed by atoms with Gasteiger partial charge < -0.3 is 9.88 Å². The summed E-state index contributed by atoms with van der Waals surface area (Å²) in [5, 5.41) is 6.48. The summed E-state index contributed by atoms with van der Waals surface area (Å²) < 4.78 is 2.25. The molecule has 3 aromatic carbocycles. The van der Waals surface area contributed by atoms with Gasteiger partial charge in [-0.25, -0.2) is 4.99 Å². The Bertz CT molecular complexity index is 1480. The largest absolute Gasteiger partial charge is 0.317 e. The SMILES string of the molecule is Cc1c(Cl)cccc1N=C1NC(=O)/C(=C/c2cc(C)n(-c3cccc4ccccc34)c2C)S1. The van der Waals surface area contributed by atoms with Gasteiger partial charge in [0.05, 0.1) is 16.3 Å². The summed E-state index contributed by atoms with van der Waals surface area (Å²) in [6.45, 7) is 6.10. The Morgan fingerprint density at radius 2 is 1.76 bits per heavy atom. The Morgan fingerprint density at radius 3 is 2.61 bits per heavy atom. The van der Waals surface area contributed by atoms with Crippen molar-refractivity contribution in [2.45, 2.75) is 20.8 Å². The van der Waals surface area contributed by atoms with Crippen molar-refractivity contribution in [1.29, 1.82) is 0 Å². The average molecular weight is 472 g/mol.